The molecule has 5 amide bonds. The van der Waals surface area contributed by atoms with Gasteiger partial charge < -0.3 is 20.0 Å². The van der Waals surface area contributed by atoms with Crippen molar-refractivity contribution < 1.29 is 24.0 Å². The number of pyridine rings is 1. The number of nitrogens with one attached hydrogen (secondary N) is 2. The fraction of sp³-hybridized carbons (Fsp3) is 0.469. The summed E-state index contributed by atoms with van der Waals surface area (Å²) in [4.78, 5) is 75.1. The molecule has 4 aliphatic rings. The number of amides is 5. The molecule has 2 N–H and O–H groups in total. The summed E-state index contributed by atoms with van der Waals surface area (Å²) in [6.07, 6.45) is 17.9. The Morgan fingerprint density at radius 2 is 1.66 bits per heavy atom. The molecule has 2 aromatic carbocycles. The predicted molar refractivity (Wildman–Crippen MR) is 236 cm³/mol. The Morgan fingerprint density at radius 3 is 2.43 bits per heavy atom. The molecular formula is C49H59N7O5. The average Bonchev–Trinajstić information content (AvgIpc) is 3.63. The third-order valence-electron chi connectivity index (χ3n) is 12.5. The van der Waals surface area contributed by atoms with Crippen LogP contribution in [0, 0.1) is 17.8 Å². The molecule has 1 unspecified atom stereocenters. The lowest BCUT2D eigenvalue weighted by Gasteiger charge is -2.36. The highest BCUT2D eigenvalue weighted by molar-refractivity contribution is 6.05. The van der Waals surface area contributed by atoms with Crippen molar-refractivity contribution in [1.29, 1.82) is 0 Å². The fourth-order valence-electron chi connectivity index (χ4n) is 8.89. The second kappa shape index (κ2) is 21.6. The SMILES string of the molecule is O=C(/C=C/c1cccnc1)NCCCCC1CCN(C(=O)c2ccc(N3CCN(CCCCCCC#Cc4cccc5c4CN(C4CCC(=O)NC4=O)C5=O)CC3)cc2)CC1. The minimum Gasteiger partial charge on any atom is -0.369 e. The number of fused-ring (bicyclic) bond motifs is 1. The molecule has 0 radical (unpaired) electrons. The number of piperidine rings is 2. The molecule has 5 heterocycles. The highest BCUT2D eigenvalue weighted by atomic mass is 16.2. The number of imide groups is 1. The van der Waals surface area contributed by atoms with Gasteiger partial charge in [-0.2, -0.15) is 0 Å². The second-order valence-electron chi connectivity index (χ2n) is 16.7. The molecule has 0 bridgehead atoms. The molecule has 3 saturated heterocycles. The van der Waals surface area contributed by atoms with Gasteiger partial charge in [-0.05, 0) is 111 Å². The minimum absolute atomic E-state index is 0.0822. The van der Waals surface area contributed by atoms with E-state index in [1.165, 1.54) is 12.1 Å². The molecule has 7 rings (SSSR count). The van der Waals surface area contributed by atoms with Crippen molar-refractivity contribution in [2.75, 3.05) is 57.3 Å². The lowest BCUT2D eigenvalue weighted by molar-refractivity contribution is -0.137. The first-order chi connectivity index (χ1) is 29.8. The summed E-state index contributed by atoms with van der Waals surface area (Å²) in [5.41, 5.74) is 5.15. The number of carbonyl (C=O) groups excluding carboxylic acids is 5. The Kier molecular flexibility index (Phi) is 15.4. The summed E-state index contributed by atoms with van der Waals surface area (Å²) in [7, 11) is 0. The van der Waals surface area contributed by atoms with Crippen molar-refractivity contribution in [3.05, 3.63) is 101 Å². The fourth-order valence-corrected chi connectivity index (χ4v) is 8.89. The third kappa shape index (κ3) is 11.9. The number of hydrogen-bond donors (Lipinski definition) is 2. The molecule has 61 heavy (non-hydrogen) atoms. The number of anilines is 1. The van der Waals surface area contributed by atoms with Crippen LogP contribution in [0.15, 0.2) is 73.1 Å². The van der Waals surface area contributed by atoms with Gasteiger partial charge in [0.25, 0.3) is 11.8 Å². The van der Waals surface area contributed by atoms with Gasteiger partial charge >= 0.3 is 0 Å². The molecule has 0 aliphatic carbocycles. The van der Waals surface area contributed by atoms with E-state index in [4.69, 9.17) is 0 Å². The highest BCUT2D eigenvalue weighted by Gasteiger charge is 2.39. The number of piperazine rings is 1. The number of benzene rings is 2. The maximum Gasteiger partial charge on any atom is 0.255 e. The number of unbranched alkanes of at least 4 members (excludes halogenated alkanes) is 5. The van der Waals surface area contributed by atoms with Gasteiger partial charge in [0.05, 0.1) is 0 Å². The Balaban J connectivity index is 0.727. The first-order valence-corrected chi connectivity index (χ1v) is 22.3. The van der Waals surface area contributed by atoms with Gasteiger partial charge in [-0.1, -0.05) is 49.7 Å². The van der Waals surface area contributed by atoms with Crippen LogP contribution in [0.5, 0.6) is 0 Å². The Morgan fingerprint density at radius 1 is 0.852 bits per heavy atom. The van der Waals surface area contributed by atoms with Gasteiger partial charge in [0.2, 0.25) is 17.7 Å². The van der Waals surface area contributed by atoms with E-state index in [1.54, 1.807) is 35.5 Å². The minimum atomic E-state index is -0.621. The van der Waals surface area contributed by atoms with E-state index in [0.29, 0.717) is 31.0 Å². The molecular weight excluding hydrogens is 767 g/mol. The second-order valence-corrected chi connectivity index (χ2v) is 16.7. The lowest BCUT2D eigenvalue weighted by Crippen LogP contribution is -2.52. The molecule has 1 aromatic heterocycles. The smallest absolute Gasteiger partial charge is 0.255 e. The summed E-state index contributed by atoms with van der Waals surface area (Å²) in [6, 6.07) is 16.9. The van der Waals surface area contributed by atoms with Crippen LogP contribution in [0.4, 0.5) is 5.69 Å². The number of carbonyl (C=O) groups is 5. The van der Waals surface area contributed by atoms with Gasteiger partial charge in [-0.25, -0.2) is 0 Å². The first-order valence-electron chi connectivity index (χ1n) is 22.3. The van der Waals surface area contributed by atoms with Crippen LogP contribution >= 0.6 is 0 Å². The van der Waals surface area contributed by atoms with Crippen LogP contribution in [0.25, 0.3) is 6.08 Å². The van der Waals surface area contributed by atoms with E-state index in [0.717, 1.165) is 126 Å². The van der Waals surface area contributed by atoms with Crippen LogP contribution in [0.1, 0.15) is 114 Å². The molecule has 12 nitrogen and oxygen atoms in total. The normalized spacial score (nSPS) is 18.5. The van der Waals surface area contributed by atoms with Crippen LogP contribution < -0.4 is 15.5 Å². The molecule has 3 aromatic rings. The van der Waals surface area contributed by atoms with E-state index >= 15 is 0 Å². The summed E-state index contributed by atoms with van der Waals surface area (Å²) in [5, 5.41) is 5.32. The van der Waals surface area contributed by atoms with Crippen molar-refractivity contribution in [3.63, 3.8) is 0 Å². The maximum absolute atomic E-state index is 13.3. The molecule has 12 heteroatoms. The zero-order valence-electron chi connectivity index (χ0n) is 35.3. The predicted octanol–water partition coefficient (Wildman–Crippen LogP) is 5.82. The molecule has 1 atom stereocenters. The van der Waals surface area contributed by atoms with Crippen molar-refractivity contribution in [2.45, 2.75) is 89.6 Å². The van der Waals surface area contributed by atoms with Crippen molar-refractivity contribution in [2.24, 2.45) is 5.92 Å². The number of aromatic nitrogens is 1. The summed E-state index contributed by atoms with van der Waals surface area (Å²) >= 11 is 0. The zero-order valence-corrected chi connectivity index (χ0v) is 35.3. The van der Waals surface area contributed by atoms with Crippen molar-refractivity contribution in [3.8, 4) is 11.8 Å². The number of likely N-dealkylation sites (tertiary alicyclic amines) is 1. The summed E-state index contributed by atoms with van der Waals surface area (Å²) in [6.45, 7) is 7.73. The van der Waals surface area contributed by atoms with E-state index in [-0.39, 0.29) is 30.0 Å². The van der Waals surface area contributed by atoms with Gasteiger partial charge in [0.15, 0.2) is 0 Å². The van der Waals surface area contributed by atoms with E-state index in [1.807, 2.05) is 41.3 Å². The number of nitrogens with zero attached hydrogens (tertiary/aromatic N) is 5. The Labute approximate surface area is 360 Å². The van der Waals surface area contributed by atoms with Crippen LogP contribution in [0.3, 0.4) is 0 Å². The van der Waals surface area contributed by atoms with Crippen molar-refractivity contribution >= 4 is 41.3 Å². The van der Waals surface area contributed by atoms with Gasteiger partial charge in [-0.3, -0.25) is 39.2 Å². The van der Waals surface area contributed by atoms with E-state index in [9.17, 15) is 24.0 Å². The van der Waals surface area contributed by atoms with Gasteiger partial charge in [-0.15, -0.1) is 0 Å². The van der Waals surface area contributed by atoms with Gasteiger partial charge in [0, 0.05) is 106 Å². The lowest BCUT2D eigenvalue weighted by atomic mass is 9.91. The van der Waals surface area contributed by atoms with Crippen LogP contribution in [-0.4, -0.2) is 108 Å². The highest BCUT2D eigenvalue weighted by Crippen LogP contribution is 2.30. The Hall–Kier alpha value is -5.80. The van der Waals surface area contributed by atoms with E-state index in [2.05, 4.69) is 49.4 Å². The largest absolute Gasteiger partial charge is 0.369 e. The molecule has 4 aliphatic heterocycles. The van der Waals surface area contributed by atoms with Crippen LogP contribution in [0.2, 0.25) is 0 Å². The monoisotopic (exact) mass is 825 g/mol. The van der Waals surface area contributed by atoms with Gasteiger partial charge in [0.1, 0.15) is 6.04 Å². The molecule has 320 valence electrons. The summed E-state index contributed by atoms with van der Waals surface area (Å²) in [5.74, 6) is 6.40. The number of hydrogen-bond acceptors (Lipinski definition) is 8. The molecule has 3 fully saturated rings. The third-order valence-corrected chi connectivity index (χ3v) is 12.5. The molecule has 0 spiro atoms. The maximum atomic E-state index is 13.3. The van der Waals surface area contributed by atoms with E-state index < -0.39 is 11.9 Å². The van der Waals surface area contributed by atoms with Crippen molar-refractivity contribution in [1.82, 2.24) is 30.3 Å². The average molecular weight is 826 g/mol. The topological polar surface area (TPSA) is 135 Å². The zero-order chi connectivity index (χ0) is 42.4. The standard InChI is InChI=1S/C49H59N7O5/c57-45(22-16-38-12-10-26-50-35-38)51-27-7-6-11-37-24-29-55(30-25-37)48(60)40-17-19-41(20-18-40)54-33-31-53(32-34-54)28-8-4-2-1-3-5-13-39-14-9-15-42-43(39)36-56(49(42)61)44-21-23-46(58)52-47(44)59/h9-10,12,14-20,22,26,35,37,44H,1-4,6-8,11,21,23-25,27-34,36H2,(H,51,57)(H,52,58,59)/b22-16+. The first kappa shape index (κ1) is 43.3. The summed E-state index contributed by atoms with van der Waals surface area (Å²) < 4.78 is 0. The quantitative estimate of drug-likeness (QED) is 0.0800. The number of rotatable bonds is 16. The molecule has 0 saturated carbocycles. The Bertz CT molecular complexity index is 2090. The van der Waals surface area contributed by atoms with Crippen LogP contribution in [-0.2, 0) is 20.9 Å².